The van der Waals surface area contributed by atoms with E-state index in [1.807, 2.05) is 4.90 Å². The molecule has 2 aliphatic heterocycles. The lowest BCUT2D eigenvalue weighted by molar-refractivity contribution is -0.145. The highest BCUT2D eigenvalue weighted by Gasteiger charge is 2.40. The molecule has 0 saturated carbocycles. The number of hydrogen-bond acceptors (Lipinski definition) is 4. The Labute approximate surface area is 153 Å². The van der Waals surface area contributed by atoms with Crippen LogP contribution in [0.3, 0.4) is 0 Å². The number of amides is 1. The molecule has 0 bridgehead atoms. The van der Waals surface area contributed by atoms with Gasteiger partial charge < -0.3 is 19.5 Å². The Morgan fingerprint density at radius 2 is 1.92 bits per heavy atom. The number of carboxylic acid groups (broad SMARTS) is 1. The second kappa shape index (κ2) is 8.24. The third-order valence-corrected chi connectivity index (χ3v) is 5.17. The van der Waals surface area contributed by atoms with Crippen LogP contribution in [0.15, 0.2) is 24.3 Å². The molecule has 3 rings (SSSR count). The highest BCUT2D eigenvalue weighted by molar-refractivity contribution is 5.94. The molecular weight excluding hydrogens is 334 g/mol. The maximum Gasteiger partial charge on any atom is 0.309 e. The van der Waals surface area contributed by atoms with Crippen LogP contribution in [0.4, 0.5) is 0 Å². The van der Waals surface area contributed by atoms with Crippen LogP contribution in [-0.4, -0.2) is 54.3 Å². The summed E-state index contributed by atoms with van der Waals surface area (Å²) >= 11 is 0. The standard InChI is InChI=1S/C20H23NO5/c1-2-12-25-16-5-3-15(4-6-16)19(22)21-10-7-14(8-11-21)18-17(20(23)24)9-13-26-18/h1,3-6,14,17-18H,7-13H2,(H,23,24)/t17?,18-/m0/s1. The van der Waals surface area contributed by atoms with Crippen molar-refractivity contribution in [1.29, 1.82) is 0 Å². The van der Waals surface area contributed by atoms with Crippen LogP contribution in [0.5, 0.6) is 5.75 Å². The number of carbonyl (C=O) groups is 2. The quantitative estimate of drug-likeness (QED) is 0.816. The van der Waals surface area contributed by atoms with Gasteiger partial charge in [0.1, 0.15) is 12.4 Å². The molecule has 6 nitrogen and oxygen atoms in total. The summed E-state index contributed by atoms with van der Waals surface area (Å²) in [6, 6.07) is 6.95. The summed E-state index contributed by atoms with van der Waals surface area (Å²) in [4.78, 5) is 25.8. The van der Waals surface area contributed by atoms with Crippen LogP contribution in [0.1, 0.15) is 29.6 Å². The third kappa shape index (κ3) is 4.00. The molecule has 138 valence electrons. The molecule has 1 unspecified atom stereocenters. The maximum atomic E-state index is 12.7. The first-order valence-electron chi connectivity index (χ1n) is 8.90. The van der Waals surface area contributed by atoms with E-state index in [4.69, 9.17) is 15.9 Å². The fourth-order valence-corrected chi connectivity index (χ4v) is 3.77. The summed E-state index contributed by atoms with van der Waals surface area (Å²) in [5, 5.41) is 9.31. The SMILES string of the molecule is C#CCOc1ccc(C(=O)N2CCC([C@@H]3OCCC3C(=O)O)CC2)cc1. The largest absolute Gasteiger partial charge is 0.481 e. The van der Waals surface area contributed by atoms with Crippen molar-refractivity contribution in [2.75, 3.05) is 26.3 Å². The van der Waals surface area contributed by atoms with E-state index in [1.54, 1.807) is 24.3 Å². The van der Waals surface area contributed by atoms with Gasteiger partial charge in [-0.25, -0.2) is 0 Å². The molecule has 2 fully saturated rings. The molecule has 0 radical (unpaired) electrons. The number of likely N-dealkylation sites (tertiary alicyclic amines) is 1. The van der Waals surface area contributed by atoms with Gasteiger partial charge in [0.25, 0.3) is 5.91 Å². The lowest BCUT2D eigenvalue weighted by Gasteiger charge is -2.35. The molecule has 2 atom stereocenters. The smallest absolute Gasteiger partial charge is 0.309 e. The first-order valence-corrected chi connectivity index (χ1v) is 8.90. The molecule has 1 aromatic rings. The van der Waals surface area contributed by atoms with E-state index in [0.29, 0.717) is 37.4 Å². The van der Waals surface area contributed by atoms with Gasteiger partial charge in [-0.05, 0) is 49.4 Å². The molecule has 2 heterocycles. The van der Waals surface area contributed by atoms with Crippen LogP contribution in [-0.2, 0) is 9.53 Å². The van der Waals surface area contributed by atoms with E-state index < -0.39 is 11.9 Å². The average Bonchev–Trinajstić information content (AvgIpc) is 3.16. The van der Waals surface area contributed by atoms with Gasteiger partial charge in [-0.15, -0.1) is 6.42 Å². The monoisotopic (exact) mass is 357 g/mol. The highest BCUT2D eigenvalue weighted by Crippen LogP contribution is 2.33. The normalized spacial score (nSPS) is 23.4. The van der Waals surface area contributed by atoms with Gasteiger partial charge in [-0.1, -0.05) is 5.92 Å². The topological polar surface area (TPSA) is 76.1 Å². The van der Waals surface area contributed by atoms with Crippen molar-refractivity contribution in [3.63, 3.8) is 0 Å². The molecule has 1 amide bonds. The van der Waals surface area contributed by atoms with E-state index in [1.165, 1.54) is 0 Å². The molecular formula is C20H23NO5. The zero-order valence-corrected chi connectivity index (χ0v) is 14.6. The number of ether oxygens (including phenoxy) is 2. The van der Waals surface area contributed by atoms with Gasteiger partial charge in [0.05, 0.1) is 12.0 Å². The highest BCUT2D eigenvalue weighted by atomic mass is 16.5. The van der Waals surface area contributed by atoms with Gasteiger partial charge >= 0.3 is 5.97 Å². The minimum Gasteiger partial charge on any atom is -0.481 e. The van der Waals surface area contributed by atoms with Crippen molar-refractivity contribution in [3.05, 3.63) is 29.8 Å². The van der Waals surface area contributed by atoms with Crippen molar-refractivity contribution >= 4 is 11.9 Å². The van der Waals surface area contributed by atoms with Crippen LogP contribution in [0.25, 0.3) is 0 Å². The van der Waals surface area contributed by atoms with Gasteiger partial charge in [-0.2, -0.15) is 0 Å². The molecule has 26 heavy (non-hydrogen) atoms. The van der Waals surface area contributed by atoms with Crippen molar-refractivity contribution in [2.45, 2.75) is 25.4 Å². The molecule has 1 N–H and O–H groups in total. The minimum atomic E-state index is -0.779. The van der Waals surface area contributed by atoms with E-state index in [2.05, 4.69) is 5.92 Å². The first kappa shape index (κ1) is 18.3. The number of terminal acetylenes is 1. The predicted octanol–water partition coefficient (Wildman–Crippen LogP) is 2.04. The summed E-state index contributed by atoms with van der Waals surface area (Å²) in [6.07, 6.45) is 7.04. The number of piperidine rings is 1. The summed E-state index contributed by atoms with van der Waals surface area (Å²) in [5.41, 5.74) is 0.608. The van der Waals surface area contributed by atoms with Crippen LogP contribution < -0.4 is 4.74 Å². The third-order valence-electron chi connectivity index (χ3n) is 5.17. The molecule has 2 saturated heterocycles. The summed E-state index contributed by atoms with van der Waals surface area (Å²) in [7, 11) is 0. The van der Waals surface area contributed by atoms with Crippen LogP contribution in [0, 0.1) is 24.2 Å². The van der Waals surface area contributed by atoms with Gasteiger partial charge in [0, 0.05) is 25.3 Å². The van der Waals surface area contributed by atoms with Crippen molar-refractivity contribution in [3.8, 4) is 18.1 Å². The summed E-state index contributed by atoms with van der Waals surface area (Å²) < 4.78 is 11.0. The molecule has 0 spiro atoms. The van der Waals surface area contributed by atoms with Gasteiger partial charge in [-0.3, -0.25) is 9.59 Å². The Kier molecular flexibility index (Phi) is 5.79. The van der Waals surface area contributed by atoms with Crippen molar-refractivity contribution < 1.29 is 24.2 Å². The Bertz CT molecular complexity index is 685. The van der Waals surface area contributed by atoms with Crippen molar-refractivity contribution in [2.24, 2.45) is 11.8 Å². The second-order valence-corrected chi connectivity index (χ2v) is 6.72. The lowest BCUT2D eigenvalue weighted by atomic mass is 9.84. The fourth-order valence-electron chi connectivity index (χ4n) is 3.77. The Hall–Kier alpha value is -2.52. The van der Waals surface area contributed by atoms with E-state index in [-0.39, 0.29) is 24.5 Å². The van der Waals surface area contributed by atoms with Crippen molar-refractivity contribution in [1.82, 2.24) is 4.90 Å². The van der Waals surface area contributed by atoms with Gasteiger partial charge in [0.15, 0.2) is 0 Å². The molecule has 0 aliphatic carbocycles. The van der Waals surface area contributed by atoms with E-state index in [0.717, 1.165) is 12.8 Å². The van der Waals surface area contributed by atoms with Crippen LogP contribution >= 0.6 is 0 Å². The first-order chi connectivity index (χ1) is 12.6. The van der Waals surface area contributed by atoms with Gasteiger partial charge in [0.2, 0.25) is 0 Å². The number of rotatable bonds is 5. The zero-order valence-electron chi connectivity index (χ0n) is 14.6. The number of carbonyl (C=O) groups excluding carboxylic acids is 1. The number of hydrogen-bond donors (Lipinski definition) is 1. The zero-order chi connectivity index (χ0) is 18.5. The maximum absolute atomic E-state index is 12.7. The number of nitrogens with zero attached hydrogens (tertiary/aromatic N) is 1. The number of aliphatic carboxylic acids is 1. The molecule has 0 aromatic heterocycles. The summed E-state index contributed by atoms with van der Waals surface area (Å²) in [5.74, 6) is 2.01. The second-order valence-electron chi connectivity index (χ2n) is 6.72. The molecule has 1 aromatic carbocycles. The lowest BCUT2D eigenvalue weighted by Crippen LogP contribution is -2.43. The Morgan fingerprint density at radius 3 is 2.54 bits per heavy atom. The Balaban J connectivity index is 1.55. The number of carboxylic acids is 1. The van der Waals surface area contributed by atoms with Crippen LogP contribution in [0.2, 0.25) is 0 Å². The number of benzene rings is 1. The van der Waals surface area contributed by atoms with E-state index >= 15 is 0 Å². The predicted molar refractivity (Wildman–Crippen MR) is 94.9 cm³/mol. The fraction of sp³-hybridized carbons (Fsp3) is 0.500. The van der Waals surface area contributed by atoms with E-state index in [9.17, 15) is 14.7 Å². The molecule has 2 aliphatic rings. The average molecular weight is 357 g/mol. The minimum absolute atomic E-state index is 0.0194. The molecule has 6 heteroatoms. The summed E-state index contributed by atoms with van der Waals surface area (Å²) in [6.45, 7) is 1.94. The Morgan fingerprint density at radius 1 is 1.23 bits per heavy atom.